The number of nitrogens with zero attached hydrogens (tertiary/aromatic N) is 4. The third-order valence-corrected chi connectivity index (χ3v) is 3.87. The molecule has 13 nitrogen and oxygen atoms in total. The van der Waals surface area contributed by atoms with E-state index in [1.165, 1.54) is 18.2 Å². The Labute approximate surface area is 174 Å². The second-order valence-corrected chi connectivity index (χ2v) is 6.04. The fraction of sp³-hybridized carbons (Fsp3) is 0.222. The van der Waals surface area contributed by atoms with Gasteiger partial charge in [0, 0.05) is 19.4 Å². The van der Waals surface area contributed by atoms with E-state index < -0.39 is 39.3 Å². The minimum Gasteiger partial charge on any atom is -0.506 e. The van der Waals surface area contributed by atoms with E-state index in [-0.39, 0.29) is 23.5 Å². The third-order valence-electron chi connectivity index (χ3n) is 3.87. The molecule has 2 rings (SSSR count). The van der Waals surface area contributed by atoms with Gasteiger partial charge in [0.15, 0.2) is 5.69 Å². The van der Waals surface area contributed by atoms with Crippen molar-refractivity contribution in [2.24, 2.45) is 10.2 Å². The number of phenolic OH excluding ortho intramolecular Hbond substituents is 1. The summed E-state index contributed by atoms with van der Waals surface area (Å²) in [5.41, 5.74) is -1.00. The molecule has 0 bridgehead atoms. The summed E-state index contributed by atoms with van der Waals surface area (Å²) < 4.78 is 9.47. The summed E-state index contributed by atoms with van der Waals surface area (Å²) >= 11 is 0. The van der Waals surface area contributed by atoms with Gasteiger partial charge >= 0.3 is 17.6 Å². The first-order valence-corrected chi connectivity index (χ1v) is 8.54. The van der Waals surface area contributed by atoms with Crippen LogP contribution in [0.3, 0.4) is 0 Å². The van der Waals surface area contributed by atoms with E-state index in [4.69, 9.17) is 4.74 Å². The van der Waals surface area contributed by atoms with Crippen molar-refractivity contribution in [3.05, 3.63) is 62.2 Å². The zero-order chi connectivity index (χ0) is 23.1. The average Bonchev–Trinajstić information content (AvgIpc) is 2.71. The van der Waals surface area contributed by atoms with Gasteiger partial charge < -0.3 is 14.6 Å². The van der Waals surface area contributed by atoms with Crippen LogP contribution in [0, 0.1) is 20.2 Å². The first kappa shape index (κ1) is 22.9. The highest BCUT2D eigenvalue weighted by atomic mass is 16.6. The molecule has 2 aromatic carbocycles. The number of esters is 2. The fourth-order valence-electron chi connectivity index (χ4n) is 2.46. The molecule has 13 heteroatoms. The summed E-state index contributed by atoms with van der Waals surface area (Å²) in [7, 11) is 1.14. The molecular weight excluding hydrogens is 416 g/mol. The summed E-state index contributed by atoms with van der Waals surface area (Å²) in [6.45, 7) is 1.13. The highest BCUT2D eigenvalue weighted by molar-refractivity contribution is 5.78. The third kappa shape index (κ3) is 6.03. The van der Waals surface area contributed by atoms with Crippen molar-refractivity contribution >= 4 is 34.7 Å². The minimum atomic E-state index is -1.21. The lowest BCUT2D eigenvalue weighted by atomic mass is 10.1. The van der Waals surface area contributed by atoms with Crippen LogP contribution in [0.4, 0.5) is 22.7 Å². The Kier molecular flexibility index (Phi) is 7.28. The molecule has 0 unspecified atom stereocenters. The van der Waals surface area contributed by atoms with E-state index in [1.807, 2.05) is 0 Å². The van der Waals surface area contributed by atoms with Gasteiger partial charge in [-0.15, -0.1) is 10.2 Å². The zero-order valence-electron chi connectivity index (χ0n) is 16.3. The Morgan fingerprint density at radius 1 is 1.06 bits per heavy atom. The first-order valence-electron chi connectivity index (χ1n) is 8.54. The van der Waals surface area contributed by atoms with E-state index in [9.17, 15) is 34.9 Å². The number of azo groups is 1. The van der Waals surface area contributed by atoms with Gasteiger partial charge in [0.05, 0.1) is 23.0 Å². The molecule has 0 aliphatic carbocycles. The normalized spacial score (nSPS) is 11.7. The van der Waals surface area contributed by atoms with Crippen molar-refractivity contribution in [2.75, 3.05) is 7.11 Å². The smallest absolute Gasteiger partial charge is 0.347 e. The maximum atomic E-state index is 11.7. The van der Waals surface area contributed by atoms with Gasteiger partial charge in [-0.2, -0.15) is 0 Å². The molecule has 0 aliphatic rings. The predicted molar refractivity (Wildman–Crippen MR) is 103 cm³/mol. The molecule has 0 spiro atoms. The maximum absolute atomic E-state index is 11.7. The maximum Gasteiger partial charge on any atom is 0.347 e. The van der Waals surface area contributed by atoms with Crippen LogP contribution in [0.2, 0.25) is 0 Å². The molecule has 1 N–H and O–H groups in total. The number of rotatable bonds is 8. The summed E-state index contributed by atoms with van der Waals surface area (Å²) in [5.74, 6) is -1.82. The number of carbonyl (C=O) groups excluding carboxylic acids is 2. The number of non-ortho nitro benzene ring substituents is 1. The quantitative estimate of drug-likeness (QED) is 0.283. The van der Waals surface area contributed by atoms with Gasteiger partial charge in [-0.3, -0.25) is 25.0 Å². The second kappa shape index (κ2) is 9.87. The number of phenols is 1. The molecule has 162 valence electrons. The number of nitro groups is 2. The molecule has 0 radical (unpaired) electrons. The summed E-state index contributed by atoms with van der Waals surface area (Å²) in [5, 5.41) is 39.5. The molecular formula is C18H16N4O9. The zero-order valence-corrected chi connectivity index (χ0v) is 16.3. The van der Waals surface area contributed by atoms with Crippen molar-refractivity contribution in [1.82, 2.24) is 0 Å². The highest BCUT2D eigenvalue weighted by Gasteiger charge is 2.23. The second-order valence-electron chi connectivity index (χ2n) is 6.04. The van der Waals surface area contributed by atoms with Gasteiger partial charge in [0.2, 0.25) is 6.10 Å². The number of methoxy groups -OCH3 is 1. The fourth-order valence-corrected chi connectivity index (χ4v) is 2.46. The van der Waals surface area contributed by atoms with Crippen LogP contribution in [0.25, 0.3) is 0 Å². The van der Waals surface area contributed by atoms with Crippen molar-refractivity contribution < 1.29 is 34.0 Å². The molecule has 0 aliphatic heterocycles. The minimum absolute atomic E-state index is 0.0569. The van der Waals surface area contributed by atoms with Crippen LogP contribution < -0.4 is 0 Å². The van der Waals surface area contributed by atoms with Crippen molar-refractivity contribution in [1.29, 1.82) is 0 Å². The molecule has 0 saturated heterocycles. The molecule has 1 atom stereocenters. The van der Waals surface area contributed by atoms with Crippen LogP contribution in [-0.2, 0) is 25.5 Å². The average molecular weight is 432 g/mol. The summed E-state index contributed by atoms with van der Waals surface area (Å²) in [6, 6.07) is 6.89. The summed E-state index contributed by atoms with van der Waals surface area (Å²) in [4.78, 5) is 43.2. The van der Waals surface area contributed by atoms with Crippen LogP contribution >= 0.6 is 0 Å². The van der Waals surface area contributed by atoms with Gasteiger partial charge in [0.25, 0.3) is 5.69 Å². The lowest BCUT2D eigenvalue weighted by Gasteiger charge is -2.14. The summed E-state index contributed by atoms with van der Waals surface area (Å²) in [6.07, 6.45) is -1.29. The molecule has 0 amide bonds. The topological polar surface area (TPSA) is 184 Å². The SMILES string of the molecule is COC(=O)[C@H](Cc1ccc(N=Nc2ccc([N+](=O)[O-])cc2[N+](=O)[O-])c(O)c1)OC(C)=O. The predicted octanol–water partition coefficient (Wildman–Crippen LogP) is 3.27. The van der Waals surface area contributed by atoms with E-state index in [0.717, 1.165) is 32.2 Å². The number of carbonyl (C=O) groups is 2. The van der Waals surface area contributed by atoms with Crippen LogP contribution in [0.1, 0.15) is 12.5 Å². The standard InChI is InChI=1S/C18H16N4O9/c1-10(23)31-17(18(25)30-2)8-11-3-5-14(16(24)7-11)20-19-13-6-4-12(21(26)27)9-15(13)22(28)29/h3-7,9,17,24H,8H2,1-2H3/t17-/m0/s1. The van der Waals surface area contributed by atoms with E-state index in [0.29, 0.717) is 5.56 Å². The van der Waals surface area contributed by atoms with Crippen molar-refractivity contribution in [3.8, 4) is 5.75 Å². The van der Waals surface area contributed by atoms with Gasteiger partial charge in [-0.05, 0) is 23.8 Å². The molecule has 0 heterocycles. The highest BCUT2D eigenvalue weighted by Crippen LogP contribution is 2.34. The van der Waals surface area contributed by atoms with Crippen molar-refractivity contribution in [3.63, 3.8) is 0 Å². The Balaban J connectivity index is 2.27. The number of aromatic hydroxyl groups is 1. The largest absolute Gasteiger partial charge is 0.506 e. The molecule has 2 aromatic rings. The van der Waals surface area contributed by atoms with Crippen LogP contribution in [0.5, 0.6) is 5.75 Å². The number of hydrogen-bond acceptors (Lipinski definition) is 11. The Morgan fingerprint density at radius 2 is 1.71 bits per heavy atom. The Morgan fingerprint density at radius 3 is 2.26 bits per heavy atom. The first-order chi connectivity index (χ1) is 14.6. The van der Waals surface area contributed by atoms with E-state index in [2.05, 4.69) is 15.0 Å². The number of benzene rings is 2. The monoisotopic (exact) mass is 432 g/mol. The lowest BCUT2D eigenvalue weighted by Crippen LogP contribution is -2.29. The van der Waals surface area contributed by atoms with Gasteiger partial charge in [-0.1, -0.05) is 6.07 Å². The lowest BCUT2D eigenvalue weighted by molar-refractivity contribution is -0.393. The van der Waals surface area contributed by atoms with Crippen molar-refractivity contribution in [2.45, 2.75) is 19.4 Å². The van der Waals surface area contributed by atoms with E-state index >= 15 is 0 Å². The van der Waals surface area contributed by atoms with Crippen LogP contribution in [0.15, 0.2) is 46.6 Å². The molecule has 0 saturated carbocycles. The van der Waals surface area contributed by atoms with Gasteiger partial charge in [0.1, 0.15) is 11.4 Å². The van der Waals surface area contributed by atoms with Gasteiger partial charge in [-0.25, -0.2) is 4.79 Å². The van der Waals surface area contributed by atoms with E-state index in [1.54, 1.807) is 0 Å². The number of ether oxygens (including phenoxy) is 2. The van der Waals surface area contributed by atoms with Crippen LogP contribution in [-0.4, -0.2) is 40.1 Å². The number of hydrogen-bond donors (Lipinski definition) is 1. The molecule has 0 fully saturated rings. The Hall–Kier alpha value is -4.42. The Bertz CT molecular complexity index is 1070. The molecule has 31 heavy (non-hydrogen) atoms. The number of nitro benzene ring substituents is 2. The molecule has 0 aromatic heterocycles.